The molecule has 184 valence electrons. The summed E-state index contributed by atoms with van der Waals surface area (Å²) in [5.74, 6) is -0.987. The average Bonchev–Trinajstić information content (AvgIpc) is 3.39. The largest absolute Gasteiger partial charge is 0.460 e. The Balaban J connectivity index is 1.61. The van der Waals surface area contributed by atoms with Crippen molar-refractivity contribution in [1.82, 2.24) is 3.97 Å². The van der Waals surface area contributed by atoms with Gasteiger partial charge in [-0.3, -0.25) is 4.79 Å². The summed E-state index contributed by atoms with van der Waals surface area (Å²) < 4.78 is 36.1. The highest BCUT2D eigenvalue weighted by Gasteiger charge is 2.27. The molecule has 2 heterocycles. The molecule has 5 nitrogen and oxygen atoms in total. The van der Waals surface area contributed by atoms with Crippen LogP contribution in [0.2, 0.25) is 5.02 Å². The van der Waals surface area contributed by atoms with Crippen molar-refractivity contribution in [3.63, 3.8) is 0 Å². The summed E-state index contributed by atoms with van der Waals surface area (Å²) in [7, 11) is -3.96. The number of nitrogens with zero attached hydrogens (tertiary/aromatic N) is 1. The molecule has 0 spiro atoms. The second kappa shape index (κ2) is 9.95. The first-order valence-corrected chi connectivity index (χ1v) is 15.0. The maximum atomic E-state index is 13.9. The predicted molar refractivity (Wildman–Crippen MR) is 151 cm³/mol. The van der Waals surface area contributed by atoms with Gasteiger partial charge < -0.3 is 4.74 Å². The topological polar surface area (TPSA) is 65.4 Å². The highest BCUT2D eigenvalue weighted by atomic mass is 79.9. The Morgan fingerprint density at radius 1 is 1.00 bits per heavy atom. The van der Waals surface area contributed by atoms with Crippen molar-refractivity contribution in [3.8, 4) is 0 Å². The van der Waals surface area contributed by atoms with E-state index in [-0.39, 0.29) is 10.8 Å². The highest BCUT2D eigenvalue weighted by Crippen LogP contribution is 2.40. The summed E-state index contributed by atoms with van der Waals surface area (Å²) >= 11 is 14.2. The number of carbonyl (C=O) groups excluding carboxylic acids is 1. The second-order valence-electron chi connectivity index (χ2n) is 8.21. The van der Waals surface area contributed by atoms with E-state index in [4.69, 9.17) is 16.3 Å². The van der Waals surface area contributed by atoms with Gasteiger partial charge in [-0.1, -0.05) is 54.1 Å². The van der Waals surface area contributed by atoms with Gasteiger partial charge in [0.15, 0.2) is 0 Å². The number of rotatable bonds is 6. The van der Waals surface area contributed by atoms with Crippen LogP contribution in [0.1, 0.15) is 24.0 Å². The van der Waals surface area contributed by atoms with E-state index in [0.29, 0.717) is 35.3 Å². The van der Waals surface area contributed by atoms with Gasteiger partial charge in [0.2, 0.25) is 0 Å². The van der Waals surface area contributed by atoms with Gasteiger partial charge in [-0.25, -0.2) is 3.97 Å². The maximum absolute atomic E-state index is 13.9. The molecule has 1 unspecified atom stereocenters. The second-order valence-corrected chi connectivity index (χ2v) is 13.9. The predicted octanol–water partition coefficient (Wildman–Crippen LogP) is 8.12. The van der Waals surface area contributed by atoms with Crippen molar-refractivity contribution in [1.29, 1.82) is 0 Å². The summed E-state index contributed by atoms with van der Waals surface area (Å²) in [6.07, 6.45) is 0. The molecule has 0 aliphatic heterocycles. The minimum absolute atomic E-state index is 0.168. The van der Waals surface area contributed by atoms with Crippen LogP contribution in [-0.2, 0) is 26.2 Å². The molecule has 0 amide bonds. The number of benzene rings is 3. The molecular weight excluding hydrogens is 650 g/mol. The van der Waals surface area contributed by atoms with E-state index >= 15 is 0 Å². The summed E-state index contributed by atoms with van der Waals surface area (Å²) in [5.41, 5.74) is 2.52. The summed E-state index contributed by atoms with van der Waals surface area (Å²) in [4.78, 5) is 12.8. The first-order valence-electron chi connectivity index (χ1n) is 10.8. The van der Waals surface area contributed by atoms with Crippen LogP contribution in [0.4, 0.5) is 0 Å². The molecule has 0 aliphatic carbocycles. The van der Waals surface area contributed by atoms with Crippen LogP contribution >= 0.6 is 54.8 Å². The average molecular weight is 668 g/mol. The van der Waals surface area contributed by atoms with Crippen LogP contribution in [0.25, 0.3) is 21.8 Å². The molecule has 0 saturated heterocycles. The Kier molecular flexibility index (Phi) is 7.04. The van der Waals surface area contributed by atoms with Crippen molar-refractivity contribution in [2.45, 2.75) is 23.7 Å². The van der Waals surface area contributed by atoms with Crippen molar-refractivity contribution >= 4 is 92.6 Å². The van der Waals surface area contributed by atoms with Gasteiger partial charge >= 0.3 is 5.97 Å². The van der Waals surface area contributed by atoms with E-state index in [1.54, 1.807) is 37.3 Å². The van der Waals surface area contributed by atoms with Gasteiger partial charge in [-0.05, 0) is 80.2 Å². The number of thiophene rings is 1. The van der Waals surface area contributed by atoms with Crippen molar-refractivity contribution < 1.29 is 17.9 Å². The fraction of sp³-hybridized carbons (Fsp3) is 0.115. The van der Waals surface area contributed by atoms with E-state index in [1.165, 1.54) is 3.97 Å². The van der Waals surface area contributed by atoms with Crippen molar-refractivity contribution in [3.05, 3.63) is 97.2 Å². The molecule has 0 bridgehead atoms. The van der Waals surface area contributed by atoms with E-state index in [2.05, 4.69) is 31.9 Å². The Labute approximate surface area is 234 Å². The fourth-order valence-corrected chi connectivity index (χ4v) is 8.62. The third kappa shape index (κ3) is 4.63. The number of hydrogen-bond donors (Lipinski definition) is 0. The molecular formula is C26H18Br2ClNO4S2. The lowest BCUT2D eigenvalue weighted by atomic mass is 9.99. The Hall–Kier alpha value is -2.17. The molecule has 0 saturated carbocycles. The molecule has 5 rings (SSSR count). The lowest BCUT2D eigenvalue weighted by molar-refractivity contribution is -0.146. The normalized spacial score (nSPS) is 12.8. The zero-order valence-electron chi connectivity index (χ0n) is 18.7. The highest BCUT2D eigenvalue weighted by molar-refractivity contribution is 9.13. The molecule has 0 N–H and O–H groups in total. The van der Waals surface area contributed by atoms with Crippen LogP contribution < -0.4 is 0 Å². The van der Waals surface area contributed by atoms with E-state index in [9.17, 15) is 13.2 Å². The molecule has 5 aromatic rings. The molecule has 0 aliphatic rings. The molecule has 1 atom stereocenters. The van der Waals surface area contributed by atoms with Crippen LogP contribution in [0.5, 0.6) is 0 Å². The van der Waals surface area contributed by atoms with Crippen molar-refractivity contribution in [2.75, 3.05) is 0 Å². The minimum atomic E-state index is -3.96. The van der Waals surface area contributed by atoms with Gasteiger partial charge in [-0.15, -0.1) is 11.3 Å². The van der Waals surface area contributed by atoms with Crippen LogP contribution in [0, 0.1) is 0 Å². The number of aromatic nitrogens is 1. The van der Waals surface area contributed by atoms with Gasteiger partial charge in [0.05, 0.1) is 20.7 Å². The number of fused-ring (bicyclic) bond motifs is 3. The zero-order valence-corrected chi connectivity index (χ0v) is 24.3. The van der Waals surface area contributed by atoms with Gasteiger partial charge in [0.1, 0.15) is 10.8 Å². The van der Waals surface area contributed by atoms with E-state index in [1.807, 2.05) is 42.5 Å². The standard InChI is InChI=1S/C26H18Br2ClNO4S2/c1-15(26(31)34-14-16-5-3-2-4-6-16)17-7-9-19-20-12-18(29)8-10-22(20)30(23(19)11-17)36(32,33)24-13-21(27)25(28)35-24/h2-13,15H,14H2,1H3. The number of hydrogen-bond acceptors (Lipinski definition) is 5. The number of halogens is 3. The Morgan fingerprint density at radius 2 is 1.75 bits per heavy atom. The third-order valence-electron chi connectivity index (χ3n) is 5.90. The summed E-state index contributed by atoms with van der Waals surface area (Å²) in [5, 5.41) is 1.93. The van der Waals surface area contributed by atoms with Gasteiger partial charge in [0, 0.05) is 20.3 Å². The molecule has 3 aromatic carbocycles. The smallest absolute Gasteiger partial charge is 0.313 e. The number of esters is 1. The quantitative estimate of drug-likeness (QED) is 0.172. The summed E-state index contributed by atoms with van der Waals surface area (Å²) in [6.45, 7) is 1.92. The van der Waals surface area contributed by atoms with E-state index < -0.39 is 21.9 Å². The van der Waals surface area contributed by atoms with Crippen molar-refractivity contribution in [2.24, 2.45) is 0 Å². The zero-order chi connectivity index (χ0) is 25.6. The minimum Gasteiger partial charge on any atom is -0.460 e. The van der Waals surface area contributed by atoms with Crippen LogP contribution in [-0.4, -0.2) is 18.4 Å². The molecule has 2 aromatic heterocycles. The lowest BCUT2D eigenvalue weighted by Crippen LogP contribution is -2.14. The fourth-order valence-electron chi connectivity index (χ4n) is 4.04. The Bertz CT molecular complexity index is 1710. The number of carbonyl (C=O) groups is 1. The van der Waals surface area contributed by atoms with Crippen LogP contribution in [0.15, 0.2) is 85.3 Å². The first kappa shape index (κ1) is 25.5. The first-order chi connectivity index (χ1) is 17.2. The van der Waals surface area contributed by atoms with Crippen LogP contribution in [0.3, 0.4) is 0 Å². The SMILES string of the molecule is CC(C(=O)OCc1ccccc1)c1ccc2c3cc(Cl)ccc3n(S(=O)(=O)c3cc(Br)c(Br)s3)c2c1. The summed E-state index contributed by atoms with van der Waals surface area (Å²) in [6, 6.07) is 21.5. The monoisotopic (exact) mass is 665 g/mol. The number of ether oxygens (including phenoxy) is 1. The molecule has 0 fully saturated rings. The maximum Gasteiger partial charge on any atom is 0.313 e. The molecule has 0 radical (unpaired) electrons. The van der Waals surface area contributed by atoms with Gasteiger partial charge in [0.25, 0.3) is 10.0 Å². The van der Waals surface area contributed by atoms with E-state index in [0.717, 1.165) is 22.3 Å². The van der Waals surface area contributed by atoms with Gasteiger partial charge in [-0.2, -0.15) is 8.42 Å². The lowest BCUT2D eigenvalue weighted by Gasteiger charge is -2.13. The third-order valence-corrected chi connectivity index (χ3v) is 11.6. The Morgan fingerprint density at radius 3 is 2.44 bits per heavy atom. The molecule has 10 heteroatoms. The molecule has 36 heavy (non-hydrogen) atoms.